The highest BCUT2D eigenvalue weighted by atomic mass is 79.9. The minimum Gasteiger partial charge on any atom is -1.00 e. The van der Waals surface area contributed by atoms with Gasteiger partial charge in [0.1, 0.15) is 12.4 Å². The summed E-state index contributed by atoms with van der Waals surface area (Å²) >= 11 is 5.98. The Balaban J connectivity index is 0.00000180. The number of para-hydroxylation sites is 1. The summed E-state index contributed by atoms with van der Waals surface area (Å²) in [4.78, 5) is 11.9. The van der Waals surface area contributed by atoms with E-state index in [0.717, 1.165) is 5.82 Å². The normalized spacial score (nSPS) is 9.84. The summed E-state index contributed by atoms with van der Waals surface area (Å²) in [5, 5.41) is 3.34. The standard InChI is InChI=1S/C13H14ClN3O.BrH/c1-10-16(2)7-8-17(10)9-13(18)15-12-6-4-3-5-11(12)14;/h3-8H,9H2,1-2H3;1H. The number of halogens is 2. The van der Waals surface area contributed by atoms with Crippen molar-refractivity contribution in [3.8, 4) is 0 Å². The molecule has 1 aromatic carbocycles. The van der Waals surface area contributed by atoms with Crippen LogP contribution in [-0.4, -0.2) is 10.5 Å². The maximum atomic E-state index is 11.9. The van der Waals surface area contributed by atoms with E-state index in [1.54, 1.807) is 12.1 Å². The van der Waals surface area contributed by atoms with Crippen molar-refractivity contribution in [3.63, 3.8) is 0 Å². The van der Waals surface area contributed by atoms with Crippen LogP contribution < -0.4 is 26.9 Å². The van der Waals surface area contributed by atoms with Crippen LogP contribution in [0.5, 0.6) is 0 Å². The molecule has 0 atom stereocenters. The fraction of sp³-hybridized carbons (Fsp3) is 0.231. The molecule has 1 amide bonds. The lowest BCUT2D eigenvalue weighted by molar-refractivity contribution is -0.677. The SMILES string of the molecule is Cc1n(CC(=O)Nc2ccccc2Cl)cc[n+]1C.[Br-]. The Morgan fingerprint density at radius 1 is 1.42 bits per heavy atom. The molecule has 1 heterocycles. The van der Waals surface area contributed by atoms with Gasteiger partial charge in [-0.1, -0.05) is 23.7 Å². The summed E-state index contributed by atoms with van der Waals surface area (Å²) in [6, 6.07) is 7.19. The van der Waals surface area contributed by atoms with Crippen LogP contribution in [-0.2, 0) is 18.4 Å². The van der Waals surface area contributed by atoms with Gasteiger partial charge in [0.05, 0.1) is 17.8 Å². The lowest BCUT2D eigenvalue weighted by Crippen LogP contribution is -3.00. The molecule has 19 heavy (non-hydrogen) atoms. The largest absolute Gasteiger partial charge is 1.00 e. The number of anilines is 1. The maximum absolute atomic E-state index is 11.9. The van der Waals surface area contributed by atoms with Crippen LogP contribution in [0.2, 0.25) is 5.02 Å². The Morgan fingerprint density at radius 2 is 2.11 bits per heavy atom. The molecule has 1 N–H and O–H groups in total. The van der Waals surface area contributed by atoms with Crippen LogP contribution >= 0.6 is 11.6 Å². The van der Waals surface area contributed by atoms with E-state index < -0.39 is 0 Å². The Hall–Kier alpha value is -1.33. The first-order valence-electron chi connectivity index (χ1n) is 5.63. The van der Waals surface area contributed by atoms with E-state index in [0.29, 0.717) is 10.7 Å². The van der Waals surface area contributed by atoms with Gasteiger partial charge in [-0.25, -0.2) is 9.13 Å². The van der Waals surface area contributed by atoms with Gasteiger partial charge in [-0.05, 0) is 12.1 Å². The van der Waals surface area contributed by atoms with E-state index in [9.17, 15) is 4.79 Å². The summed E-state index contributed by atoms with van der Waals surface area (Å²) in [5.74, 6) is 0.923. The van der Waals surface area contributed by atoms with Gasteiger partial charge in [0.15, 0.2) is 6.54 Å². The molecule has 6 heteroatoms. The van der Waals surface area contributed by atoms with Crippen molar-refractivity contribution >= 4 is 23.2 Å². The molecule has 0 aliphatic carbocycles. The van der Waals surface area contributed by atoms with E-state index in [2.05, 4.69) is 5.32 Å². The monoisotopic (exact) mass is 343 g/mol. The lowest BCUT2D eigenvalue weighted by Gasteiger charge is -2.05. The molecule has 0 saturated carbocycles. The molecule has 0 saturated heterocycles. The predicted octanol–water partition coefficient (Wildman–Crippen LogP) is -1.08. The van der Waals surface area contributed by atoms with Crippen molar-refractivity contribution in [2.24, 2.45) is 7.05 Å². The van der Waals surface area contributed by atoms with Crippen LogP contribution in [0, 0.1) is 6.92 Å². The zero-order valence-electron chi connectivity index (χ0n) is 10.7. The molecule has 1 aromatic heterocycles. The summed E-state index contributed by atoms with van der Waals surface area (Å²) in [6.07, 6.45) is 3.79. The average Bonchev–Trinajstić information content (AvgIpc) is 2.64. The minimum atomic E-state index is -0.0950. The number of rotatable bonds is 3. The number of amides is 1. The average molecular weight is 345 g/mol. The number of nitrogens with zero attached hydrogens (tertiary/aromatic N) is 2. The second kappa shape index (κ2) is 6.73. The third-order valence-electron chi connectivity index (χ3n) is 2.86. The molecule has 102 valence electrons. The number of hydrogen-bond acceptors (Lipinski definition) is 1. The third kappa shape index (κ3) is 3.81. The molecule has 0 spiro atoms. The van der Waals surface area contributed by atoms with Gasteiger partial charge in [0.2, 0.25) is 0 Å². The Morgan fingerprint density at radius 3 is 2.68 bits per heavy atom. The smallest absolute Gasteiger partial charge is 0.266 e. The molecular formula is C13H15BrClN3O. The fourth-order valence-electron chi connectivity index (χ4n) is 1.67. The highest BCUT2D eigenvalue weighted by Gasteiger charge is 2.13. The van der Waals surface area contributed by atoms with Crippen LogP contribution in [0.4, 0.5) is 5.69 Å². The van der Waals surface area contributed by atoms with Gasteiger partial charge in [-0.3, -0.25) is 4.79 Å². The third-order valence-corrected chi connectivity index (χ3v) is 3.19. The summed E-state index contributed by atoms with van der Waals surface area (Å²) in [5.41, 5.74) is 0.637. The van der Waals surface area contributed by atoms with Crippen molar-refractivity contribution in [3.05, 3.63) is 47.5 Å². The van der Waals surface area contributed by atoms with E-state index in [-0.39, 0.29) is 29.4 Å². The molecule has 0 unspecified atom stereocenters. The highest BCUT2D eigenvalue weighted by molar-refractivity contribution is 6.33. The van der Waals surface area contributed by atoms with Crippen molar-refractivity contribution in [1.82, 2.24) is 4.57 Å². The van der Waals surface area contributed by atoms with Gasteiger partial charge >= 0.3 is 0 Å². The van der Waals surface area contributed by atoms with E-state index in [4.69, 9.17) is 11.6 Å². The van der Waals surface area contributed by atoms with Crippen molar-refractivity contribution in [2.45, 2.75) is 13.5 Å². The molecule has 0 aliphatic heterocycles. The van der Waals surface area contributed by atoms with Crippen molar-refractivity contribution in [2.75, 3.05) is 5.32 Å². The zero-order valence-corrected chi connectivity index (χ0v) is 13.1. The topological polar surface area (TPSA) is 37.9 Å². The van der Waals surface area contributed by atoms with Gasteiger partial charge in [-0.2, -0.15) is 0 Å². The van der Waals surface area contributed by atoms with Crippen LogP contribution in [0.1, 0.15) is 5.82 Å². The Labute approximate surface area is 127 Å². The number of hydrogen-bond donors (Lipinski definition) is 1. The second-order valence-electron chi connectivity index (χ2n) is 4.11. The number of carbonyl (C=O) groups is 1. The molecule has 0 radical (unpaired) electrons. The van der Waals surface area contributed by atoms with Crippen molar-refractivity contribution in [1.29, 1.82) is 0 Å². The van der Waals surface area contributed by atoms with Crippen LogP contribution in [0.15, 0.2) is 36.7 Å². The van der Waals surface area contributed by atoms with E-state index in [1.807, 2.05) is 47.6 Å². The van der Waals surface area contributed by atoms with Gasteiger partial charge in [0.25, 0.3) is 11.7 Å². The number of aromatic nitrogens is 2. The second-order valence-corrected chi connectivity index (χ2v) is 4.52. The first-order chi connectivity index (χ1) is 8.58. The van der Waals surface area contributed by atoms with Gasteiger partial charge < -0.3 is 22.3 Å². The molecule has 0 aliphatic rings. The summed E-state index contributed by atoms with van der Waals surface area (Å²) in [6.45, 7) is 2.24. The molecule has 0 fully saturated rings. The molecule has 0 bridgehead atoms. The number of carbonyl (C=O) groups excluding carboxylic acids is 1. The number of imidazole rings is 1. The van der Waals surface area contributed by atoms with Crippen molar-refractivity contribution < 1.29 is 26.3 Å². The molecule has 2 aromatic rings. The molecular weight excluding hydrogens is 330 g/mol. The number of benzene rings is 1. The fourth-order valence-corrected chi connectivity index (χ4v) is 1.86. The quantitative estimate of drug-likeness (QED) is 0.707. The molecule has 2 rings (SSSR count). The van der Waals surface area contributed by atoms with E-state index in [1.165, 1.54) is 0 Å². The van der Waals surface area contributed by atoms with Crippen LogP contribution in [0.25, 0.3) is 0 Å². The van der Waals surface area contributed by atoms with Gasteiger partial charge in [0, 0.05) is 6.92 Å². The Kier molecular flexibility index (Phi) is 5.57. The van der Waals surface area contributed by atoms with Crippen LogP contribution in [0.3, 0.4) is 0 Å². The maximum Gasteiger partial charge on any atom is 0.266 e. The first-order valence-corrected chi connectivity index (χ1v) is 6.01. The number of nitrogens with one attached hydrogen (secondary N) is 1. The molecule has 4 nitrogen and oxygen atoms in total. The van der Waals surface area contributed by atoms with E-state index >= 15 is 0 Å². The summed E-state index contributed by atoms with van der Waals surface area (Å²) in [7, 11) is 1.94. The number of aryl methyl sites for hydroxylation is 1. The zero-order chi connectivity index (χ0) is 13.1. The predicted molar refractivity (Wildman–Crippen MR) is 70.4 cm³/mol. The Bertz CT molecular complexity index is 583. The highest BCUT2D eigenvalue weighted by Crippen LogP contribution is 2.20. The minimum absolute atomic E-state index is 0. The summed E-state index contributed by atoms with van der Waals surface area (Å²) < 4.78 is 3.84. The van der Waals surface area contributed by atoms with Gasteiger partial charge in [-0.15, -0.1) is 0 Å². The first kappa shape index (κ1) is 15.7. The lowest BCUT2D eigenvalue weighted by atomic mass is 10.3.